The number of benzene rings is 2. The van der Waals surface area contributed by atoms with E-state index in [4.69, 9.17) is 9.15 Å². The molecule has 0 saturated carbocycles. The highest BCUT2D eigenvalue weighted by molar-refractivity contribution is 8.01. The molecule has 0 unspecified atom stereocenters. The monoisotopic (exact) mass is 438 g/mol. The fraction of sp³-hybridized carbons (Fsp3) is 0.182. The van der Waals surface area contributed by atoms with Crippen LogP contribution in [0.3, 0.4) is 0 Å². The van der Waals surface area contributed by atoms with Crippen LogP contribution in [0, 0.1) is 0 Å². The highest BCUT2D eigenvalue weighted by Crippen LogP contribution is 2.36. The average molecular weight is 438 g/mol. The Bertz CT molecular complexity index is 1250. The summed E-state index contributed by atoms with van der Waals surface area (Å²) >= 11 is 1.31. The van der Waals surface area contributed by atoms with Crippen LogP contribution in [-0.4, -0.2) is 23.0 Å². The van der Waals surface area contributed by atoms with Gasteiger partial charge in [0.1, 0.15) is 12.2 Å². The molecule has 1 aliphatic heterocycles. The lowest BCUT2D eigenvalue weighted by atomic mass is 10.1. The molecule has 2 aromatic carbocycles. The number of hydrogen-bond donors (Lipinski definition) is 2. The molecule has 158 valence electrons. The van der Waals surface area contributed by atoms with Gasteiger partial charge in [0.15, 0.2) is 0 Å². The summed E-state index contributed by atoms with van der Waals surface area (Å²) in [6, 6.07) is 13.5. The Morgan fingerprint density at radius 2 is 1.97 bits per heavy atom. The molecule has 0 saturated heterocycles. The fourth-order valence-electron chi connectivity index (χ4n) is 3.23. The molecule has 2 heterocycles. The van der Waals surface area contributed by atoms with Gasteiger partial charge in [0.25, 0.3) is 0 Å². The molecule has 0 bridgehead atoms. The van der Waals surface area contributed by atoms with Gasteiger partial charge < -0.3 is 19.8 Å². The summed E-state index contributed by atoms with van der Waals surface area (Å²) in [5, 5.41) is 5.39. The molecule has 31 heavy (non-hydrogen) atoms. The molecule has 0 aliphatic carbocycles. The molecule has 0 fully saturated rings. The quantitative estimate of drug-likeness (QED) is 0.464. The van der Waals surface area contributed by atoms with Crippen molar-refractivity contribution in [2.45, 2.75) is 30.1 Å². The number of thioether (sulfide) groups is 1. The summed E-state index contributed by atoms with van der Waals surface area (Å²) < 4.78 is 10.5. The van der Waals surface area contributed by atoms with Crippen molar-refractivity contribution in [3.8, 4) is 0 Å². The zero-order chi connectivity index (χ0) is 22.0. The topological polar surface area (TPSA) is 115 Å². The maximum Gasteiger partial charge on any atom is 0.336 e. The van der Waals surface area contributed by atoms with Gasteiger partial charge >= 0.3 is 11.6 Å². The van der Waals surface area contributed by atoms with Crippen molar-refractivity contribution in [3.63, 3.8) is 0 Å². The molecule has 9 heteroatoms. The number of carbonyl (C=O) groups is 3. The first-order chi connectivity index (χ1) is 14.9. The second kappa shape index (κ2) is 8.65. The second-order valence-corrected chi connectivity index (χ2v) is 8.18. The first kappa shape index (κ1) is 20.7. The molecule has 2 amide bonds. The van der Waals surface area contributed by atoms with E-state index in [9.17, 15) is 19.2 Å². The smallest absolute Gasteiger partial charge is 0.336 e. The second-order valence-electron chi connectivity index (χ2n) is 6.94. The summed E-state index contributed by atoms with van der Waals surface area (Å²) in [4.78, 5) is 48.7. The minimum absolute atomic E-state index is 0.100. The number of ether oxygens (including phenoxy) is 1. The lowest BCUT2D eigenvalue weighted by Crippen LogP contribution is -2.31. The molecule has 2 N–H and O–H groups in total. The Kier molecular flexibility index (Phi) is 5.77. The number of fused-ring (bicyclic) bond motifs is 2. The van der Waals surface area contributed by atoms with Crippen LogP contribution in [0.4, 0.5) is 11.4 Å². The van der Waals surface area contributed by atoms with Gasteiger partial charge in [0, 0.05) is 40.6 Å². The molecule has 1 atom stereocenters. The van der Waals surface area contributed by atoms with E-state index in [0.717, 1.165) is 10.6 Å². The Morgan fingerprint density at radius 3 is 2.77 bits per heavy atom. The van der Waals surface area contributed by atoms with Crippen molar-refractivity contribution in [1.82, 2.24) is 0 Å². The summed E-state index contributed by atoms with van der Waals surface area (Å²) in [5.41, 5.74) is 1.35. The van der Waals surface area contributed by atoms with Gasteiger partial charge in [-0.3, -0.25) is 14.4 Å². The molecule has 4 rings (SSSR count). The molecule has 3 aromatic rings. The number of esters is 1. The lowest BCUT2D eigenvalue weighted by molar-refractivity contribution is -0.145. The minimum Gasteiger partial charge on any atom is -0.461 e. The Morgan fingerprint density at radius 1 is 1.16 bits per heavy atom. The maximum atomic E-state index is 12.4. The van der Waals surface area contributed by atoms with Crippen LogP contribution >= 0.6 is 11.8 Å². The van der Waals surface area contributed by atoms with Crippen LogP contribution in [0.25, 0.3) is 11.0 Å². The molecule has 8 nitrogen and oxygen atoms in total. The number of carbonyl (C=O) groups excluding carboxylic acids is 3. The molecule has 1 aromatic heterocycles. The van der Waals surface area contributed by atoms with Gasteiger partial charge in [-0.2, -0.15) is 0 Å². The van der Waals surface area contributed by atoms with Crippen LogP contribution in [0.2, 0.25) is 0 Å². The molecule has 1 aliphatic rings. The van der Waals surface area contributed by atoms with Gasteiger partial charge in [-0.25, -0.2) is 4.79 Å². The average Bonchev–Trinajstić information content (AvgIpc) is 2.71. The SMILES string of the molecule is CC(=O)Nc1ccc2c(COC(=O)C[C@@H]3Sc4ccccc4NC3=O)cc(=O)oc2c1. The number of hydrogen-bond acceptors (Lipinski definition) is 7. The van der Waals surface area contributed by atoms with E-state index in [2.05, 4.69) is 10.6 Å². The van der Waals surface area contributed by atoms with E-state index in [0.29, 0.717) is 16.6 Å². The number of nitrogens with one attached hydrogen (secondary N) is 2. The van der Waals surface area contributed by atoms with E-state index in [1.54, 1.807) is 18.2 Å². The van der Waals surface area contributed by atoms with E-state index >= 15 is 0 Å². The number of anilines is 2. The van der Waals surface area contributed by atoms with Crippen LogP contribution < -0.4 is 16.3 Å². The van der Waals surface area contributed by atoms with Crippen molar-refractivity contribution >= 4 is 51.9 Å². The van der Waals surface area contributed by atoms with Gasteiger partial charge in [0.05, 0.1) is 17.4 Å². The van der Waals surface area contributed by atoms with Gasteiger partial charge in [-0.15, -0.1) is 11.8 Å². The zero-order valence-corrected chi connectivity index (χ0v) is 17.3. The van der Waals surface area contributed by atoms with Crippen LogP contribution in [0.15, 0.2) is 62.6 Å². The third-order valence-corrected chi connectivity index (χ3v) is 5.87. The van der Waals surface area contributed by atoms with Crippen molar-refractivity contribution in [3.05, 3.63) is 64.5 Å². The highest BCUT2D eigenvalue weighted by atomic mass is 32.2. The molecular formula is C22H18N2O6S. The standard InChI is InChI=1S/C22H18N2O6S/c1-12(25)23-14-6-7-15-13(8-21(27)30-17(15)9-14)11-29-20(26)10-19-22(28)24-16-4-2-3-5-18(16)31-19/h2-9,19H,10-11H2,1H3,(H,23,25)(H,24,28)/t19-/m0/s1. The first-order valence-electron chi connectivity index (χ1n) is 9.45. The van der Waals surface area contributed by atoms with Gasteiger partial charge in [-0.05, 0) is 24.3 Å². The summed E-state index contributed by atoms with van der Waals surface area (Å²) in [6.45, 7) is 1.23. The van der Waals surface area contributed by atoms with Crippen molar-refractivity contribution < 1.29 is 23.5 Å². The van der Waals surface area contributed by atoms with Crippen molar-refractivity contribution in [2.24, 2.45) is 0 Å². The predicted octanol–water partition coefficient (Wildman–Crippen LogP) is 3.30. The van der Waals surface area contributed by atoms with E-state index in [1.807, 2.05) is 18.2 Å². The largest absolute Gasteiger partial charge is 0.461 e. The van der Waals surface area contributed by atoms with Gasteiger partial charge in [0.2, 0.25) is 11.8 Å². The molecule has 0 spiro atoms. The van der Waals surface area contributed by atoms with E-state index in [1.165, 1.54) is 30.8 Å². The third-order valence-electron chi connectivity index (χ3n) is 4.60. The Hall–Kier alpha value is -3.59. The maximum absolute atomic E-state index is 12.4. The normalized spacial score (nSPS) is 15.1. The fourth-order valence-corrected chi connectivity index (χ4v) is 4.32. The molecular weight excluding hydrogens is 420 g/mol. The molecule has 0 radical (unpaired) electrons. The number of rotatable bonds is 5. The summed E-state index contributed by atoms with van der Waals surface area (Å²) in [7, 11) is 0. The Balaban J connectivity index is 1.45. The van der Waals surface area contributed by atoms with Gasteiger partial charge in [-0.1, -0.05) is 12.1 Å². The summed E-state index contributed by atoms with van der Waals surface area (Å²) in [5.74, 6) is -1.06. The van der Waals surface area contributed by atoms with E-state index < -0.39 is 16.8 Å². The lowest BCUT2D eigenvalue weighted by Gasteiger charge is -2.23. The van der Waals surface area contributed by atoms with Crippen molar-refractivity contribution in [2.75, 3.05) is 10.6 Å². The minimum atomic E-state index is -0.600. The third kappa shape index (κ3) is 4.77. The number of para-hydroxylation sites is 1. The first-order valence-corrected chi connectivity index (χ1v) is 10.3. The highest BCUT2D eigenvalue weighted by Gasteiger charge is 2.29. The van der Waals surface area contributed by atoms with Crippen LogP contribution in [0.5, 0.6) is 0 Å². The predicted molar refractivity (Wildman–Crippen MR) is 116 cm³/mol. The van der Waals surface area contributed by atoms with E-state index in [-0.39, 0.29) is 30.4 Å². The Labute approximate surface area is 181 Å². The zero-order valence-electron chi connectivity index (χ0n) is 16.5. The number of amides is 2. The van der Waals surface area contributed by atoms with Crippen LogP contribution in [-0.2, 0) is 25.7 Å². The van der Waals surface area contributed by atoms with Crippen LogP contribution in [0.1, 0.15) is 18.9 Å². The van der Waals surface area contributed by atoms with Crippen molar-refractivity contribution in [1.29, 1.82) is 0 Å². The summed E-state index contributed by atoms with van der Waals surface area (Å²) in [6.07, 6.45) is -0.100.